The van der Waals surface area contributed by atoms with Gasteiger partial charge in [0, 0.05) is 39.1 Å². The molecule has 0 atom stereocenters. The Kier molecular flexibility index (Phi) is 11.3. The summed E-state index contributed by atoms with van der Waals surface area (Å²) in [5.74, 6) is -0.689. The lowest BCUT2D eigenvalue weighted by Gasteiger charge is -2.36. The molecule has 5 rings (SSSR count). The van der Waals surface area contributed by atoms with Crippen LogP contribution < -0.4 is 16.2 Å². The van der Waals surface area contributed by atoms with Gasteiger partial charge in [-0.25, -0.2) is 4.39 Å². The fourth-order valence-electron chi connectivity index (χ4n) is 4.62. The van der Waals surface area contributed by atoms with E-state index >= 15 is 0 Å². The molecule has 7 nitrogen and oxygen atoms in total. The van der Waals surface area contributed by atoms with Gasteiger partial charge in [0.15, 0.2) is 5.75 Å². The van der Waals surface area contributed by atoms with Crippen LogP contribution in [0, 0.1) is 12.7 Å². The number of halogens is 4. The number of hydrogen-bond acceptors (Lipinski definition) is 6. The van der Waals surface area contributed by atoms with E-state index in [9.17, 15) is 19.1 Å². The zero-order valence-corrected chi connectivity index (χ0v) is 26.9. The minimum Gasteiger partial charge on any atom is -0.489 e. The molecule has 0 spiro atoms. The fourth-order valence-corrected chi connectivity index (χ4v) is 6.58. The number of ether oxygens (including phenoxy) is 1. The van der Waals surface area contributed by atoms with Crippen molar-refractivity contribution < 1.29 is 23.8 Å². The van der Waals surface area contributed by atoms with Crippen LogP contribution in [0.1, 0.15) is 28.1 Å². The third-order valence-electron chi connectivity index (χ3n) is 7.15. The van der Waals surface area contributed by atoms with Crippen molar-refractivity contribution in [2.45, 2.75) is 25.3 Å². The van der Waals surface area contributed by atoms with Crippen LogP contribution in [0.3, 0.4) is 0 Å². The lowest BCUT2D eigenvalue weighted by atomic mass is 9.88. The summed E-state index contributed by atoms with van der Waals surface area (Å²) >= 11 is 20.1. The van der Waals surface area contributed by atoms with Gasteiger partial charge in [0.2, 0.25) is 5.91 Å². The zero-order chi connectivity index (χ0) is 32.0. The maximum absolute atomic E-state index is 13.7. The molecule has 1 aliphatic rings. The topological polar surface area (TPSA) is 119 Å². The minimum atomic E-state index is -1.14. The second-order valence-corrected chi connectivity index (χ2v) is 12.6. The van der Waals surface area contributed by atoms with Gasteiger partial charge >= 0.3 is 0 Å². The number of aliphatic hydroxyl groups is 1. The molecular formula is C32H31Cl3FN3O4S. The Bertz CT molecular complexity index is 1600. The number of rotatable bonds is 7. The quantitative estimate of drug-likeness (QED) is 0.195. The molecule has 0 unspecified atom stereocenters. The fraction of sp³-hybridized carbons (Fsp3) is 0.250. The SMILES string of the molecule is Cc1ccc(F)cc1.NC(=O)C1(N)CCN(C(=O)c2sc(-c3ccc(Cl)cc3Cl)c(-c3ccc(Cl)cc3)c2OCCO)CC1. The van der Waals surface area contributed by atoms with Gasteiger partial charge in [-0.05, 0) is 61.7 Å². The molecular weight excluding hydrogens is 648 g/mol. The third kappa shape index (κ3) is 7.90. The highest BCUT2D eigenvalue weighted by atomic mass is 35.5. The summed E-state index contributed by atoms with van der Waals surface area (Å²) in [5.41, 5.74) is 13.6. The average Bonchev–Trinajstić information content (AvgIpc) is 3.37. The third-order valence-corrected chi connectivity index (χ3v) is 9.14. The minimum absolute atomic E-state index is 0.0149. The number of carbonyl (C=O) groups is 2. The Morgan fingerprint density at radius 2 is 1.61 bits per heavy atom. The van der Waals surface area contributed by atoms with E-state index in [2.05, 4.69) is 0 Å². The number of likely N-dealkylation sites (tertiary alicyclic amines) is 1. The van der Waals surface area contributed by atoms with Gasteiger partial charge in [0.25, 0.3) is 5.91 Å². The molecule has 2 heterocycles. The van der Waals surface area contributed by atoms with E-state index in [1.807, 2.05) is 19.1 Å². The number of benzene rings is 3. The summed E-state index contributed by atoms with van der Waals surface area (Å²) in [5, 5.41) is 10.9. The van der Waals surface area contributed by atoms with Gasteiger partial charge in [-0.2, -0.15) is 0 Å². The number of nitrogens with two attached hydrogens (primary N) is 2. The van der Waals surface area contributed by atoms with Crippen LogP contribution in [-0.4, -0.2) is 53.7 Å². The first-order valence-electron chi connectivity index (χ1n) is 13.7. The number of aliphatic hydroxyl groups excluding tert-OH is 1. The monoisotopic (exact) mass is 677 g/mol. The molecule has 1 saturated heterocycles. The highest BCUT2D eigenvalue weighted by molar-refractivity contribution is 7.18. The summed E-state index contributed by atoms with van der Waals surface area (Å²) in [6.07, 6.45) is 0.512. The van der Waals surface area contributed by atoms with Crippen molar-refractivity contribution in [3.63, 3.8) is 0 Å². The molecule has 0 saturated carbocycles. The molecule has 0 radical (unpaired) electrons. The summed E-state index contributed by atoms with van der Waals surface area (Å²) in [4.78, 5) is 28.2. The Labute approximate surface area is 274 Å². The number of piperidine rings is 1. The van der Waals surface area contributed by atoms with Crippen LogP contribution in [0.2, 0.25) is 15.1 Å². The molecule has 1 aromatic heterocycles. The molecule has 44 heavy (non-hydrogen) atoms. The standard InChI is InChI=1S/C25H24Cl3N3O4S.C7H7F/c26-15-3-1-14(2-4-15)19-20(35-12-11-32)22(36-21(19)17-6-5-16(27)13-18(17)28)23(33)31-9-7-25(30,8-10-31)24(29)34;1-6-2-4-7(8)5-3-6/h1-6,13,32H,7-12,30H2,(H2,29,34);2-5H,1H3. The van der Waals surface area contributed by atoms with E-state index in [0.29, 0.717) is 41.7 Å². The molecule has 0 bridgehead atoms. The van der Waals surface area contributed by atoms with Crippen LogP contribution in [0.5, 0.6) is 5.75 Å². The molecule has 232 valence electrons. The van der Waals surface area contributed by atoms with Crippen molar-refractivity contribution in [1.82, 2.24) is 4.90 Å². The summed E-state index contributed by atoms with van der Waals surface area (Å²) in [6, 6.07) is 18.7. The lowest BCUT2D eigenvalue weighted by molar-refractivity contribution is -0.124. The van der Waals surface area contributed by atoms with E-state index < -0.39 is 11.4 Å². The summed E-state index contributed by atoms with van der Waals surface area (Å²) < 4.78 is 18.1. The predicted octanol–water partition coefficient (Wildman–Crippen LogP) is 6.97. The second-order valence-electron chi connectivity index (χ2n) is 10.3. The Balaban J connectivity index is 0.000000479. The molecule has 3 aromatic carbocycles. The Morgan fingerprint density at radius 3 is 2.16 bits per heavy atom. The molecule has 12 heteroatoms. The van der Waals surface area contributed by atoms with Crippen LogP contribution in [0.25, 0.3) is 21.6 Å². The average molecular weight is 679 g/mol. The Hall–Kier alpha value is -3.18. The number of carbonyl (C=O) groups excluding carboxylic acids is 2. The molecule has 2 amide bonds. The number of hydrogen-bond donors (Lipinski definition) is 3. The molecule has 0 aliphatic carbocycles. The van der Waals surface area contributed by atoms with Crippen molar-refractivity contribution in [2.75, 3.05) is 26.3 Å². The lowest BCUT2D eigenvalue weighted by Crippen LogP contribution is -2.58. The van der Waals surface area contributed by atoms with E-state index in [0.717, 1.165) is 11.1 Å². The van der Waals surface area contributed by atoms with Crippen molar-refractivity contribution in [2.24, 2.45) is 11.5 Å². The largest absolute Gasteiger partial charge is 0.489 e. The molecule has 5 N–H and O–H groups in total. The summed E-state index contributed by atoms with van der Waals surface area (Å²) in [7, 11) is 0. The van der Waals surface area contributed by atoms with Crippen LogP contribution in [0.15, 0.2) is 66.7 Å². The van der Waals surface area contributed by atoms with Gasteiger partial charge in [0.1, 0.15) is 17.3 Å². The van der Waals surface area contributed by atoms with E-state index in [1.54, 1.807) is 47.4 Å². The first-order valence-corrected chi connectivity index (χ1v) is 15.6. The van der Waals surface area contributed by atoms with Gasteiger partial charge in [-0.1, -0.05) is 70.7 Å². The van der Waals surface area contributed by atoms with Gasteiger partial charge < -0.3 is 26.2 Å². The van der Waals surface area contributed by atoms with E-state index in [1.165, 1.54) is 23.5 Å². The molecule has 1 aliphatic heterocycles. The first kappa shape index (κ1) is 33.7. The molecule has 1 fully saturated rings. The van der Waals surface area contributed by atoms with Crippen molar-refractivity contribution in [3.05, 3.63) is 98.1 Å². The van der Waals surface area contributed by atoms with Gasteiger partial charge in [-0.15, -0.1) is 11.3 Å². The highest BCUT2D eigenvalue weighted by Gasteiger charge is 2.39. The highest BCUT2D eigenvalue weighted by Crippen LogP contribution is 2.50. The Morgan fingerprint density at radius 1 is 1.00 bits per heavy atom. The van der Waals surface area contributed by atoms with Crippen molar-refractivity contribution in [3.8, 4) is 27.3 Å². The van der Waals surface area contributed by atoms with Crippen molar-refractivity contribution in [1.29, 1.82) is 0 Å². The number of nitrogens with zero attached hydrogens (tertiary/aromatic N) is 1. The number of primary amides is 1. The first-order chi connectivity index (χ1) is 20.9. The maximum atomic E-state index is 13.7. The maximum Gasteiger partial charge on any atom is 0.267 e. The zero-order valence-electron chi connectivity index (χ0n) is 23.8. The number of aryl methyl sites for hydroxylation is 1. The van der Waals surface area contributed by atoms with Gasteiger partial charge in [-0.3, -0.25) is 9.59 Å². The smallest absolute Gasteiger partial charge is 0.267 e. The summed E-state index contributed by atoms with van der Waals surface area (Å²) in [6.45, 7) is 2.21. The van der Waals surface area contributed by atoms with Gasteiger partial charge in [0.05, 0.1) is 17.2 Å². The van der Waals surface area contributed by atoms with E-state index in [4.69, 9.17) is 51.0 Å². The number of amides is 2. The van der Waals surface area contributed by atoms with Crippen LogP contribution in [-0.2, 0) is 4.79 Å². The van der Waals surface area contributed by atoms with E-state index in [-0.39, 0.29) is 50.9 Å². The van der Waals surface area contributed by atoms with Crippen LogP contribution >= 0.6 is 46.1 Å². The molecule has 4 aromatic rings. The van der Waals surface area contributed by atoms with Crippen molar-refractivity contribution >= 4 is 58.0 Å². The second kappa shape index (κ2) is 14.7. The number of thiophene rings is 1. The predicted molar refractivity (Wildman–Crippen MR) is 175 cm³/mol. The van der Waals surface area contributed by atoms with Crippen LogP contribution in [0.4, 0.5) is 4.39 Å². The normalized spacial score (nSPS) is 14.0.